The van der Waals surface area contributed by atoms with Gasteiger partial charge < -0.3 is 15.0 Å². The van der Waals surface area contributed by atoms with Crippen LogP contribution >= 0.6 is 0 Å². The van der Waals surface area contributed by atoms with Crippen LogP contribution < -0.4 is 5.32 Å². The molecule has 3 aliphatic rings. The lowest BCUT2D eigenvalue weighted by molar-refractivity contribution is -0.143. The summed E-state index contributed by atoms with van der Waals surface area (Å²) in [5.41, 5.74) is 0. The highest BCUT2D eigenvalue weighted by Gasteiger charge is 2.32. The Morgan fingerprint density at radius 1 is 1.00 bits per heavy atom. The fourth-order valence-corrected chi connectivity index (χ4v) is 4.04. The number of rotatable bonds is 4. The largest absolute Gasteiger partial charge is 0.368 e. The highest BCUT2D eigenvalue weighted by molar-refractivity contribution is 5.82. The summed E-state index contributed by atoms with van der Waals surface area (Å²) in [6, 6.07) is 0.239. The van der Waals surface area contributed by atoms with Crippen molar-refractivity contribution in [2.24, 2.45) is 0 Å². The van der Waals surface area contributed by atoms with Gasteiger partial charge in [0.25, 0.3) is 5.91 Å². The van der Waals surface area contributed by atoms with Crippen LogP contribution in [0.25, 0.3) is 0 Å². The van der Waals surface area contributed by atoms with E-state index in [1.54, 1.807) is 0 Å². The Hall–Kier alpha value is -1.14. The van der Waals surface area contributed by atoms with E-state index in [0.717, 1.165) is 38.8 Å². The van der Waals surface area contributed by atoms with Gasteiger partial charge in [0.15, 0.2) is 0 Å². The summed E-state index contributed by atoms with van der Waals surface area (Å²) in [5, 5.41) is 3.21. The summed E-state index contributed by atoms with van der Waals surface area (Å²) < 4.78 is 5.50. The SMILES string of the molecule is CC(C(=O)NC1CCCCC1)N1CCN(C(=O)C2CCCO2)CC1. The number of ether oxygens (including phenoxy) is 1. The van der Waals surface area contributed by atoms with Gasteiger partial charge in [-0.2, -0.15) is 0 Å². The molecule has 1 aliphatic carbocycles. The third-order valence-corrected chi connectivity index (χ3v) is 5.71. The van der Waals surface area contributed by atoms with E-state index in [2.05, 4.69) is 10.2 Å². The summed E-state index contributed by atoms with van der Waals surface area (Å²) in [4.78, 5) is 29.0. The van der Waals surface area contributed by atoms with E-state index in [9.17, 15) is 9.59 Å². The van der Waals surface area contributed by atoms with Crippen LogP contribution in [0.4, 0.5) is 0 Å². The lowest BCUT2D eigenvalue weighted by atomic mass is 9.95. The van der Waals surface area contributed by atoms with E-state index < -0.39 is 0 Å². The Kier molecular flexibility index (Phi) is 6.11. The molecule has 0 aromatic carbocycles. The standard InChI is InChI=1S/C18H31N3O3/c1-14(17(22)19-15-6-3-2-4-7-15)20-9-11-21(12-10-20)18(23)16-8-5-13-24-16/h14-16H,2-13H2,1H3,(H,19,22). The number of amides is 2. The van der Waals surface area contributed by atoms with Crippen LogP contribution in [0.15, 0.2) is 0 Å². The zero-order chi connectivity index (χ0) is 16.9. The smallest absolute Gasteiger partial charge is 0.251 e. The minimum Gasteiger partial charge on any atom is -0.368 e. The van der Waals surface area contributed by atoms with Crippen LogP contribution in [0.3, 0.4) is 0 Å². The van der Waals surface area contributed by atoms with Crippen molar-refractivity contribution < 1.29 is 14.3 Å². The summed E-state index contributed by atoms with van der Waals surface area (Å²) in [6.45, 7) is 5.60. The van der Waals surface area contributed by atoms with Crippen LogP contribution in [0.1, 0.15) is 51.9 Å². The van der Waals surface area contributed by atoms with Gasteiger partial charge in [0.1, 0.15) is 6.10 Å². The van der Waals surface area contributed by atoms with E-state index in [-0.39, 0.29) is 24.0 Å². The maximum absolute atomic E-state index is 12.5. The predicted octanol–water partition coefficient (Wildman–Crippen LogP) is 1.15. The zero-order valence-electron chi connectivity index (χ0n) is 14.8. The summed E-state index contributed by atoms with van der Waals surface area (Å²) in [5.74, 6) is 0.271. The first-order valence-electron chi connectivity index (χ1n) is 9.60. The summed E-state index contributed by atoms with van der Waals surface area (Å²) in [7, 11) is 0. The molecule has 1 saturated carbocycles. The monoisotopic (exact) mass is 337 g/mol. The second-order valence-corrected chi connectivity index (χ2v) is 7.38. The molecule has 2 saturated heterocycles. The lowest BCUT2D eigenvalue weighted by Gasteiger charge is -2.38. The third kappa shape index (κ3) is 4.28. The van der Waals surface area contributed by atoms with Crippen LogP contribution in [0.2, 0.25) is 0 Å². The minimum absolute atomic E-state index is 0.119. The first kappa shape index (κ1) is 17.7. The number of carbonyl (C=O) groups is 2. The van der Waals surface area contributed by atoms with E-state index in [1.165, 1.54) is 19.3 Å². The van der Waals surface area contributed by atoms with Gasteiger partial charge in [-0.3, -0.25) is 14.5 Å². The highest BCUT2D eigenvalue weighted by Crippen LogP contribution is 2.19. The maximum atomic E-state index is 12.5. The van der Waals surface area contributed by atoms with Crippen molar-refractivity contribution in [3.8, 4) is 0 Å². The molecule has 0 aromatic rings. The van der Waals surface area contributed by atoms with Crippen molar-refractivity contribution in [3.05, 3.63) is 0 Å². The van der Waals surface area contributed by atoms with Gasteiger partial charge >= 0.3 is 0 Å². The molecule has 0 aromatic heterocycles. The Morgan fingerprint density at radius 3 is 2.33 bits per heavy atom. The van der Waals surface area contributed by atoms with E-state index >= 15 is 0 Å². The molecule has 2 aliphatic heterocycles. The predicted molar refractivity (Wildman–Crippen MR) is 91.6 cm³/mol. The van der Waals surface area contributed by atoms with Crippen molar-refractivity contribution in [2.45, 2.75) is 70.1 Å². The quantitative estimate of drug-likeness (QED) is 0.836. The average Bonchev–Trinajstić information content (AvgIpc) is 3.16. The molecule has 2 unspecified atom stereocenters. The molecule has 1 N–H and O–H groups in total. The molecule has 2 amide bonds. The van der Waals surface area contributed by atoms with Crippen molar-refractivity contribution in [3.63, 3.8) is 0 Å². The number of carbonyl (C=O) groups excluding carboxylic acids is 2. The van der Waals surface area contributed by atoms with Gasteiger partial charge in [-0.15, -0.1) is 0 Å². The first-order chi connectivity index (χ1) is 11.6. The van der Waals surface area contributed by atoms with Gasteiger partial charge in [0.2, 0.25) is 5.91 Å². The van der Waals surface area contributed by atoms with E-state index in [4.69, 9.17) is 4.74 Å². The van der Waals surface area contributed by atoms with Gasteiger partial charge in [0.05, 0.1) is 6.04 Å². The number of nitrogens with one attached hydrogen (secondary N) is 1. The lowest BCUT2D eigenvalue weighted by Crippen LogP contribution is -2.57. The Bertz CT molecular complexity index is 437. The van der Waals surface area contributed by atoms with Gasteiger partial charge in [0, 0.05) is 38.8 Å². The van der Waals surface area contributed by atoms with Crippen molar-refractivity contribution >= 4 is 11.8 Å². The number of hydrogen-bond donors (Lipinski definition) is 1. The average molecular weight is 337 g/mol. The first-order valence-corrected chi connectivity index (χ1v) is 9.60. The topological polar surface area (TPSA) is 61.9 Å². The molecule has 136 valence electrons. The third-order valence-electron chi connectivity index (χ3n) is 5.71. The fourth-order valence-electron chi connectivity index (χ4n) is 4.04. The molecule has 3 rings (SSSR count). The normalized spacial score (nSPS) is 27.9. The molecule has 3 fully saturated rings. The second-order valence-electron chi connectivity index (χ2n) is 7.38. The zero-order valence-corrected chi connectivity index (χ0v) is 14.8. The fraction of sp³-hybridized carbons (Fsp3) is 0.889. The number of piperazine rings is 1. The molecule has 6 heteroatoms. The van der Waals surface area contributed by atoms with Gasteiger partial charge in [-0.05, 0) is 32.6 Å². The molecule has 0 spiro atoms. The van der Waals surface area contributed by atoms with Gasteiger partial charge in [-0.1, -0.05) is 19.3 Å². The molecule has 2 heterocycles. The summed E-state index contributed by atoms with van der Waals surface area (Å²) in [6.07, 6.45) is 7.57. The molecule has 24 heavy (non-hydrogen) atoms. The number of nitrogens with zero attached hydrogens (tertiary/aromatic N) is 2. The van der Waals surface area contributed by atoms with Crippen molar-refractivity contribution in [1.29, 1.82) is 0 Å². The molecule has 0 radical (unpaired) electrons. The van der Waals surface area contributed by atoms with E-state index in [1.807, 2.05) is 11.8 Å². The molecular weight excluding hydrogens is 306 g/mol. The number of hydrogen-bond acceptors (Lipinski definition) is 4. The Morgan fingerprint density at radius 2 is 1.71 bits per heavy atom. The molecule has 2 atom stereocenters. The highest BCUT2D eigenvalue weighted by atomic mass is 16.5. The van der Waals surface area contributed by atoms with Crippen LogP contribution in [-0.4, -0.2) is 72.6 Å². The molecule has 6 nitrogen and oxygen atoms in total. The van der Waals surface area contributed by atoms with Crippen molar-refractivity contribution in [2.75, 3.05) is 32.8 Å². The molecular formula is C18H31N3O3. The second kappa shape index (κ2) is 8.30. The maximum Gasteiger partial charge on any atom is 0.251 e. The van der Waals surface area contributed by atoms with E-state index in [0.29, 0.717) is 25.7 Å². The van der Waals surface area contributed by atoms with Crippen molar-refractivity contribution in [1.82, 2.24) is 15.1 Å². The Balaban J connectivity index is 1.43. The van der Waals surface area contributed by atoms with Crippen LogP contribution in [0.5, 0.6) is 0 Å². The van der Waals surface area contributed by atoms with Crippen LogP contribution in [-0.2, 0) is 14.3 Å². The minimum atomic E-state index is -0.233. The van der Waals surface area contributed by atoms with Gasteiger partial charge in [-0.25, -0.2) is 0 Å². The summed E-state index contributed by atoms with van der Waals surface area (Å²) >= 11 is 0. The molecule has 0 bridgehead atoms. The van der Waals surface area contributed by atoms with Crippen LogP contribution in [0, 0.1) is 0 Å². The Labute approximate surface area is 144 Å².